The Morgan fingerprint density at radius 2 is 1.78 bits per heavy atom. The van der Waals surface area contributed by atoms with Gasteiger partial charge in [-0.25, -0.2) is 14.8 Å². The normalized spacial score (nSPS) is 10.7. The quantitative estimate of drug-likeness (QED) is 0.0962. The minimum Gasteiger partial charge on any atom is -0.493 e. The molecule has 212 valence electrons. The molecule has 4 rings (SSSR count). The van der Waals surface area contributed by atoms with Gasteiger partial charge in [0.25, 0.3) is 0 Å². The van der Waals surface area contributed by atoms with E-state index in [9.17, 15) is 9.59 Å². The van der Waals surface area contributed by atoms with Gasteiger partial charge in [-0.3, -0.25) is 4.79 Å². The molecule has 4 aromatic rings. The lowest BCUT2D eigenvalue weighted by molar-refractivity contribution is -0.111. The Bertz CT molecular complexity index is 1520. The van der Waals surface area contributed by atoms with Crippen molar-refractivity contribution in [3.05, 3.63) is 85.2 Å². The van der Waals surface area contributed by atoms with Crippen molar-refractivity contribution >= 4 is 40.0 Å². The molecule has 0 radical (unpaired) electrons. The highest BCUT2D eigenvalue weighted by molar-refractivity contribution is 6.03. The van der Waals surface area contributed by atoms with Crippen LogP contribution in [0.5, 0.6) is 17.2 Å². The van der Waals surface area contributed by atoms with Crippen LogP contribution in [0.15, 0.2) is 79.6 Å². The minimum atomic E-state index is -0.490. The number of aromatic nitrogens is 2. The number of methoxy groups -OCH3 is 1. The van der Waals surface area contributed by atoms with Crippen molar-refractivity contribution in [1.82, 2.24) is 14.9 Å². The first-order valence-corrected chi connectivity index (χ1v) is 13.1. The Kier molecular flexibility index (Phi) is 9.85. The lowest BCUT2D eigenvalue weighted by Crippen LogP contribution is -2.14. The molecule has 2 N–H and O–H groups in total. The van der Waals surface area contributed by atoms with Crippen LogP contribution in [-0.4, -0.2) is 61.1 Å². The van der Waals surface area contributed by atoms with Crippen LogP contribution in [0.2, 0.25) is 0 Å². The molecule has 0 aliphatic rings. The van der Waals surface area contributed by atoms with Crippen molar-refractivity contribution in [2.45, 2.75) is 12.8 Å². The van der Waals surface area contributed by atoms with E-state index in [0.29, 0.717) is 51.8 Å². The summed E-state index contributed by atoms with van der Waals surface area (Å²) in [5.74, 6) is 0.795. The van der Waals surface area contributed by atoms with E-state index in [0.717, 1.165) is 19.4 Å². The third kappa shape index (κ3) is 7.80. The van der Waals surface area contributed by atoms with Crippen LogP contribution < -0.4 is 24.8 Å². The van der Waals surface area contributed by atoms with E-state index < -0.39 is 5.97 Å². The Morgan fingerprint density at radius 1 is 0.976 bits per heavy atom. The third-order valence-electron chi connectivity index (χ3n) is 6.08. The summed E-state index contributed by atoms with van der Waals surface area (Å²) in [5, 5.41) is 6.74. The first kappa shape index (κ1) is 29.0. The molecule has 0 aliphatic heterocycles. The van der Waals surface area contributed by atoms with Crippen LogP contribution in [0.4, 0.5) is 17.2 Å². The lowest BCUT2D eigenvalue weighted by Gasteiger charge is -2.16. The van der Waals surface area contributed by atoms with E-state index >= 15 is 0 Å². The fourth-order valence-corrected chi connectivity index (χ4v) is 4.00. The van der Waals surface area contributed by atoms with Crippen molar-refractivity contribution < 1.29 is 23.8 Å². The average Bonchev–Trinajstić information content (AvgIpc) is 2.98. The van der Waals surface area contributed by atoms with E-state index in [1.807, 2.05) is 20.2 Å². The predicted octanol–water partition coefficient (Wildman–Crippen LogP) is 5.45. The van der Waals surface area contributed by atoms with E-state index in [1.165, 1.54) is 19.5 Å². The van der Waals surface area contributed by atoms with Crippen LogP contribution in [0.25, 0.3) is 10.9 Å². The highest BCUT2D eigenvalue weighted by Crippen LogP contribution is 2.36. The van der Waals surface area contributed by atoms with E-state index in [1.54, 1.807) is 54.6 Å². The molecule has 0 aliphatic carbocycles. The van der Waals surface area contributed by atoms with E-state index in [4.69, 9.17) is 14.2 Å². The van der Waals surface area contributed by atoms with Crippen molar-refractivity contribution in [3.63, 3.8) is 0 Å². The minimum absolute atomic E-state index is 0.279. The lowest BCUT2D eigenvalue weighted by atomic mass is 10.1. The summed E-state index contributed by atoms with van der Waals surface area (Å²) in [5.41, 5.74) is 2.18. The highest BCUT2D eigenvalue weighted by atomic mass is 16.6. The molecule has 0 atom stereocenters. The van der Waals surface area contributed by atoms with Crippen LogP contribution in [0.1, 0.15) is 23.2 Å². The maximum atomic E-state index is 12.5. The van der Waals surface area contributed by atoms with Crippen LogP contribution in [0.3, 0.4) is 0 Å². The topological polar surface area (TPSA) is 115 Å². The smallest absolute Gasteiger partial charge is 0.343 e. The number of carbonyl (C=O) groups excluding carboxylic acids is 2. The molecule has 0 bridgehead atoms. The molecule has 1 heterocycles. The zero-order valence-electron chi connectivity index (χ0n) is 23.3. The summed E-state index contributed by atoms with van der Waals surface area (Å²) in [6, 6.07) is 17.3. The van der Waals surface area contributed by atoms with Gasteiger partial charge in [-0.15, -0.1) is 0 Å². The Labute approximate surface area is 239 Å². The number of amides is 1. The largest absolute Gasteiger partial charge is 0.493 e. The number of hydrogen-bond acceptors (Lipinski definition) is 9. The van der Waals surface area contributed by atoms with Gasteiger partial charge in [0.15, 0.2) is 11.5 Å². The number of ether oxygens (including phenoxy) is 3. The van der Waals surface area contributed by atoms with Gasteiger partial charge in [0.1, 0.15) is 17.9 Å². The fraction of sp³-hybridized carbons (Fsp3) is 0.226. The monoisotopic (exact) mass is 555 g/mol. The summed E-state index contributed by atoms with van der Waals surface area (Å²) in [6.45, 7) is 5.00. The number of hydrogen-bond donors (Lipinski definition) is 2. The van der Waals surface area contributed by atoms with Crippen molar-refractivity contribution in [3.8, 4) is 17.2 Å². The number of nitrogens with one attached hydrogen (secondary N) is 2. The fourth-order valence-electron chi connectivity index (χ4n) is 4.00. The van der Waals surface area contributed by atoms with Gasteiger partial charge in [-0.2, -0.15) is 0 Å². The number of anilines is 3. The predicted molar refractivity (Wildman–Crippen MR) is 159 cm³/mol. The van der Waals surface area contributed by atoms with Gasteiger partial charge in [0.2, 0.25) is 5.91 Å². The molecular weight excluding hydrogens is 522 g/mol. The Balaban J connectivity index is 1.58. The Hall–Kier alpha value is -4.96. The summed E-state index contributed by atoms with van der Waals surface area (Å²) in [4.78, 5) is 35.7. The second-order valence-corrected chi connectivity index (χ2v) is 9.39. The zero-order chi connectivity index (χ0) is 29.2. The first-order valence-electron chi connectivity index (χ1n) is 13.1. The van der Waals surface area contributed by atoms with Gasteiger partial charge in [-0.1, -0.05) is 24.8 Å². The maximum absolute atomic E-state index is 12.5. The summed E-state index contributed by atoms with van der Waals surface area (Å²) >= 11 is 0. The molecule has 3 aromatic carbocycles. The second-order valence-electron chi connectivity index (χ2n) is 9.39. The molecule has 0 unspecified atom stereocenters. The molecule has 1 amide bonds. The molecule has 0 spiro atoms. The highest BCUT2D eigenvalue weighted by Gasteiger charge is 2.16. The number of carbonyl (C=O) groups is 2. The van der Waals surface area contributed by atoms with Gasteiger partial charge >= 0.3 is 5.97 Å². The summed E-state index contributed by atoms with van der Waals surface area (Å²) < 4.78 is 17.1. The van der Waals surface area contributed by atoms with Crippen molar-refractivity contribution in [2.24, 2.45) is 0 Å². The van der Waals surface area contributed by atoms with Gasteiger partial charge in [0, 0.05) is 23.2 Å². The third-order valence-corrected chi connectivity index (χ3v) is 6.08. The van der Waals surface area contributed by atoms with Crippen molar-refractivity contribution in [2.75, 3.05) is 45.0 Å². The van der Waals surface area contributed by atoms with Crippen LogP contribution in [0, 0.1) is 0 Å². The molecule has 10 nitrogen and oxygen atoms in total. The number of rotatable bonds is 13. The zero-order valence-corrected chi connectivity index (χ0v) is 23.3. The standard InChI is InChI=1S/C31H33N5O5/c1-5-29(37)35-25-18-23-24(19-27(25)40-16-10-9-15-36(2)3)32-20-33-30(23)34-22-13-14-26(28(17-22)39-4)41-31(38)21-11-7-6-8-12-21/h5-8,11-14,17-20H,1,9-10,15-16H2,2-4H3,(H,35,37)(H,32,33,34). The van der Waals surface area contributed by atoms with Gasteiger partial charge < -0.3 is 29.7 Å². The van der Waals surface area contributed by atoms with Crippen molar-refractivity contribution in [1.29, 1.82) is 0 Å². The molecule has 41 heavy (non-hydrogen) atoms. The number of fused-ring (bicyclic) bond motifs is 1. The van der Waals surface area contributed by atoms with E-state index in [2.05, 4.69) is 32.1 Å². The molecule has 0 saturated carbocycles. The van der Waals surface area contributed by atoms with Gasteiger partial charge in [0.05, 0.1) is 30.5 Å². The van der Waals surface area contributed by atoms with E-state index in [-0.39, 0.29) is 11.7 Å². The molecule has 1 aromatic heterocycles. The number of nitrogens with zero attached hydrogens (tertiary/aromatic N) is 3. The number of esters is 1. The second kappa shape index (κ2) is 13.9. The molecule has 0 fully saturated rings. The number of benzene rings is 3. The average molecular weight is 556 g/mol. The van der Waals surface area contributed by atoms with Crippen LogP contribution in [-0.2, 0) is 4.79 Å². The summed E-state index contributed by atoms with van der Waals surface area (Å²) in [6.07, 6.45) is 4.49. The van der Waals surface area contributed by atoms with Crippen LogP contribution >= 0.6 is 0 Å². The molecule has 0 saturated heterocycles. The number of unbranched alkanes of at least 4 members (excludes halogenated alkanes) is 1. The molecule has 10 heteroatoms. The SMILES string of the molecule is C=CC(=O)Nc1cc2c(Nc3ccc(OC(=O)c4ccccc4)c(OC)c3)ncnc2cc1OCCCCN(C)C. The first-order chi connectivity index (χ1) is 19.9. The summed E-state index contributed by atoms with van der Waals surface area (Å²) in [7, 11) is 5.56. The maximum Gasteiger partial charge on any atom is 0.343 e. The Morgan fingerprint density at radius 3 is 2.51 bits per heavy atom. The van der Waals surface area contributed by atoms with Gasteiger partial charge in [-0.05, 0) is 69.9 Å². The molecular formula is C31H33N5O5.